The summed E-state index contributed by atoms with van der Waals surface area (Å²) in [5.74, 6) is 0.916. The van der Waals surface area contributed by atoms with Crippen molar-refractivity contribution in [2.24, 2.45) is 0 Å². The van der Waals surface area contributed by atoms with Gasteiger partial charge in [-0.15, -0.1) is 0 Å². The molecular weight excluding hydrogens is 348 g/mol. The molecule has 25 heavy (non-hydrogen) atoms. The predicted molar refractivity (Wildman–Crippen MR) is 112 cm³/mol. The molecule has 0 aromatic heterocycles. The summed E-state index contributed by atoms with van der Waals surface area (Å²) in [6, 6.07) is 11.2. The first-order valence-electron chi connectivity index (χ1n) is 10.0. The molecule has 0 atom stereocenters. The molecule has 0 heterocycles. The molecule has 0 N–H and O–H groups in total. The second-order valence-electron chi connectivity index (χ2n) is 7.42. The lowest BCUT2D eigenvalue weighted by Gasteiger charge is -2.11. The van der Waals surface area contributed by atoms with E-state index in [2.05, 4.69) is 13.1 Å². The molecule has 0 bridgehead atoms. The van der Waals surface area contributed by atoms with Gasteiger partial charge in [0, 0.05) is 6.61 Å². The molecule has 4 heteroatoms. The fraction of sp³-hybridized carbons (Fsp3) is 0.714. The average molecular weight is 385 g/mol. The zero-order valence-corrected chi connectivity index (χ0v) is 18.0. The highest BCUT2D eigenvalue weighted by Gasteiger charge is 2.15. The summed E-state index contributed by atoms with van der Waals surface area (Å²) in [6.07, 6.45) is 12.0. The normalized spacial score (nSPS) is 11.6. The Hall–Kier alpha value is -0.513. The minimum atomic E-state index is -1.32. The van der Waals surface area contributed by atoms with Crippen molar-refractivity contribution in [2.75, 3.05) is 19.8 Å². The maximum Gasteiger partial charge on any atom is 0.150 e. The maximum atomic E-state index is 6.33. The van der Waals surface area contributed by atoms with E-state index in [-0.39, 0.29) is 0 Å². The third kappa shape index (κ3) is 15.5. The van der Waals surface area contributed by atoms with Crippen molar-refractivity contribution in [3.05, 3.63) is 30.3 Å². The van der Waals surface area contributed by atoms with Crippen LogP contribution in [0.3, 0.4) is 0 Å². The van der Waals surface area contributed by atoms with Gasteiger partial charge in [-0.1, -0.05) is 82.7 Å². The highest BCUT2D eigenvalue weighted by molar-refractivity contribution is 7.19. The predicted octanol–water partition coefficient (Wildman–Crippen LogP) is 7.04. The Labute approximate surface area is 161 Å². The lowest BCUT2D eigenvalue weighted by Crippen LogP contribution is -2.14. The van der Waals surface area contributed by atoms with Crippen molar-refractivity contribution in [1.82, 2.24) is 0 Å². The molecule has 0 aliphatic carbocycles. The molecule has 0 saturated carbocycles. The smallest absolute Gasteiger partial charge is 0.150 e. The van der Waals surface area contributed by atoms with Crippen molar-refractivity contribution in [3.8, 4) is 5.75 Å². The number of rotatable bonds is 16. The van der Waals surface area contributed by atoms with Crippen LogP contribution in [0.15, 0.2) is 30.3 Å². The zero-order valence-electron chi connectivity index (χ0n) is 16.3. The molecule has 0 radical (unpaired) electrons. The Balaban J connectivity index is 1.73. The molecule has 0 fully saturated rings. The van der Waals surface area contributed by atoms with Crippen LogP contribution in [0.4, 0.5) is 0 Å². The van der Waals surface area contributed by atoms with Gasteiger partial charge in [0.25, 0.3) is 0 Å². The zero-order chi connectivity index (χ0) is 18.2. The standard InChI is InChI=1S/C21H37ClO2Si/c1-25(2,22)20-14-9-7-5-3-4-6-8-13-17-23-18-19-24-21-15-11-10-12-16-21/h10-12,15-16H,3-9,13-14,17-20H2,1-2H3. The Morgan fingerprint density at radius 2 is 1.28 bits per heavy atom. The number of para-hydroxylation sites is 1. The number of ether oxygens (including phenoxy) is 2. The molecule has 144 valence electrons. The van der Waals surface area contributed by atoms with Crippen molar-refractivity contribution in [3.63, 3.8) is 0 Å². The monoisotopic (exact) mass is 384 g/mol. The molecule has 1 aromatic carbocycles. The number of unbranched alkanes of at least 4 members (excludes halogenated alkanes) is 8. The van der Waals surface area contributed by atoms with Crippen LogP contribution in [0, 0.1) is 0 Å². The highest BCUT2D eigenvalue weighted by atomic mass is 35.6. The lowest BCUT2D eigenvalue weighted by molar-refractivity contribution is 0.0970. The van der Waals surface area contributed by atoms with Crippen molar-refractivity contribution in [2.45, 2.75) is 76.9 Å². The SMILES string of the molecule is C[Si](C)(Cl)CCCCCCCCCCCOCCOc1ccccc1. The van der Waals surface area contributed by atoms with Gasteiger partial charge in [-0.2, -0.15) is 11.1 Å². The van der Waals surface area contributed by atoms with E-state index < -0.39 is 7.38 Å². The molecule has 0 aliphatic rings. The van der Waals surface area contributed by atoms with Crippen LogP contribution in [0.25, 0.3) is 0 Å². The highest BCUT2D eigenvalue weighted by Crippen LogP contribution is 2.19. The molecule has 1 aromatic rings. The van der Waals surface area contributed by atoms with Gasteiger partial charge in [0.1, 0.15) is 19.7 Å². The van der Waals surface area contributed by atoms with Gasteiger partial charge < -0.3 is 9.47 Å². The molecule has 0 aliphatic heterocycles. The second-order valence-corrected chi connectivity index (χ2v) is 14.4. The van der Waals surface area contributed by atoms with E-state index in [9.17, 15) is 0 Å². The molecular formula is C21H37ClO2Si. The summed E-state index contributed by atoms with van der Waals surface area (Å²) < 4.78 is 11.2. The summed E-state index contributed by atoms with van der Waals surface area (Å²) in [6.45, 7) is 6.66. The quantitative estimate of drug-likeness (QED) is 0.173. The van der Waals surface area contributed by atoms with E-state index >= 15 is 0 Å². The van der Waals surface area contributed by atoms with E-state index in [1.807, 2.05) is 30.3 Å². The minimum Gasteiger partial charge on any atom is -0.491 e. The van der Waals surface area contributed by atoms with E-state index in [1.54, 1.807) is 0 Å². The van der Waals surface area contributed by atoms with E-state index in [4.69, 9.17) is 20.6 Å². The van der Waals surface area contributed by atoms with Crippen molar-refractivity contribution < 1.29 is 9.47 Å². The molecule has 0 saturated heterocycles. The number of halogens is 1. The van der Waals surface area contributed by atoms with Crippen molar-refractivity contribution in [1.29, 1.82) is 0 Å². The summed E-state index contributed by atoms with van der Waals surface area (Å²) in [5, 5.41) is 0. The third-order valence-electron chi connectivity index (χ3n) is 4.30. The van der Waals surface area contributed by atoms with Crippen LogP contribution in [0.2, 0.25) is 19.1 Å². The van der Waals surface area contributed by atoms with Gasteiger partial charge in [0.05, 0.1) is 6.61 Å². The first-order valence-corrected chi connectivity index (χ1v) is 14.2. The lowest BCUT2D eigenvalue weighted by atomic mass is 10.1. The Kier molecular flexibility index (Phi) is 13.2. The van der Waals surface area contributed by atoms with Crippen molar-refractivity contribution >= 4 is 18.5 Å². The summed E-state index contributed by atoms with van der Waals surface area (Å²) in [4.78, 5) is 0. The molecule has 0 unspecified atom stereocenters. The van der Waals surface area contributed by atoms with E-state index in [0.717, 1.165) is 12.4 Å². The second kappa shape index (κ2) is 14.6. The van der Waals surface area contributed by atoms with Crippen LogP contribution < -0.4 is 4.74 Å². The third-order valence-corrected chi connectivity index (χ3v) is 6.41. The number of benzene rings is 1. The summed E-state index contributed by atoms with van der Waals surface area (Å²) >= 11 is 6.33. The van der Waals surface area contributed by atoms with Gasteiger partial charge in [0.2, 0.25) is 0 Å². The fourth-order valence-electron chi connectivity index (χ4n) is 2.82. The average Bonchev–Trinajstić information content (AvgIpc) is 2.58. The minimum absolute atomic E-state index is 0.632. The van der Waals surface area contributed by atoms with E-state index in [1.165, 1.54) is 63.8 Å². The topological polar surface area (TPSA) is 18.5 Å². The molecule has 0 spiro atoms. The summed E-state index contributed by atoms with van der Waals surface area (Å²) in [7, 11) is -1.32. The van der Waals surface area contributed by atoms with E-state index in [0.29, 0.717) is 13.2 Å². The largest absolute Gasteiger partial charge is 0.491 e. The van der Waals surface area contributed by atoms with Gasteiger partial charge in [-0.05, 0) is 24.6 Å². The van der Waals surface area contributed by atoms with Gasteiger partial charge in [-0.3, -0.25) is 0 Å². The Morgan fingerprint density at radius 3 is 1.88 bits per heavy atom. The fourth-order valence-corrected chi connectivity index (χ4v) is 4.32. The van der Waals surface area contributed by atoms with Crippen LogP contribution in [0.1, 0.15) is 57.8 Å². The molecule has 2 nitrogen and oxygen atoms in total. The van der Waals surface area contributed by atoms with Crippen LogP contribution >= 0.6 is 11.1 Å². The molecule has 0 amide bonds. The van der Waals surface area contributed by atoms with Crippen LogP contribution in [0.5, 0.6) is 5.75 Å². The Morgan fingerprint density at radius 1 is 0.720 bits per heavy atom. The van der Waals surface area contributed by atoms with Gasteiger partial charge >= 0.3 is 0 Å². The number of hydrogen-bond donors (Lipinski definition) is 0. The molecule has 1 rings (SSSR count). The summed E-state index contributed by atoms with van der Waals surface area (Å²) in [5.41, 5.74) is 0. The first-order chi connectivity index (χ1) is 12.1. The maximum absolute atomic E-state index is 6.33. The number of hydrogen-bond acceptors (Lipinski definition) is 2. The van der Waals surface area contributed by atoms with Crippen LogP contribution in [-0.4, -0.2) is 27.2 Å². The van der Waals surface area contributed by atoms with Gasteiger partial charge in [-0.25, -0.2) is 0 Å². The van der Waals surface area contributed by atoms with Crippen LogP contribution in [-0.2, 0) is 4.74 Å². The van der Waals surface area contributed by atoms with Gasteiger partial charge in [0.15, 0.2) is 0 Å². The Bertz CT molecular complexity index is 406. The first kappa shape index (κ1) is 22.5.